The van der Waals surface area contributed by atoms with Gasteiger partial charge >= 0.3 is 0 Å². The molecule has 1 aromatic carbocycles. The number of nitrogens with one attached hydrogen (secondary N) is 1. The van der Waals surface area contributed by atoms with E-state index in [-0.39, 0.29) is 0 Å². The van der Waals surface area contributed by atoms with E-state index in [4.69, 9.17) is 0 Å². The van der Waals surface area contributed by atoms with Gasteiger partial charge in [0.15, 0.2) is 0 Å². The van der Waals surface area contributed by atoms with Gasteiger partial charge in [0.05, 0.1) is 0 Å². The SMILES string of the molecule is CC1c2ccccc2C2CCNCC12. The van der Waals surface area contributed by atoms with Crippen LogP contribution in [-0.2, 0) is 0 Å². The third-order valence-corrected chi connectivity index (χ3v) is 4.06. The first-order valence-electron chi connectivity index (χ1n) is 5.67. The molecule has 1 heterocycles. The van der Waals surface area contributed by atoms with Crippen LogP contribution in [0.25, 0.3) is 0 Å². The summed E-state index contributed by atoms with van der Waals surface area (Å²) in [6.07, 6.45) is 1.33. The predicted molar refractivity (Wildman–Crippen MR) is 58.6 cm³/mol. The second-order valence-corrected chi connectivity index (χ2v) is 4.68. The van der Waals surface area contributed by atoms with E-state index in [0.29, 0.717) is 0 Å². The molecule has 0 spiro atoms. The summed E-state index contributed by atoms with van der Waals surface area (Å²) in [6.45, 7) is 4.79. The normalized spacial score (nSPS) is 35.1. The van der Waals surface area contributed by atoms with E-state index in [1.165, 1.54) is 19.5 Å². The summed E-state index contributed by atoms with van der Waals surface area (Å²) in [5.74, 6) is 2.44. The quantitative estimate of drug-likeness (QED) is 0.658. The highest BCUT2D eigenvalue weighted by Gasteiger charge is 2.38. The highest BCUT2D eigenvalue weighted by Crippen LogP contribution is 2.48. The van der Waals surface area contributed by atoms with Crippen molar-refractivity contribution < 1.29 is 0 Å². The molecule has 1 aliphatic carbocycles. The largest absolute Gasteiger partial charge is 0.316 e. The zero-order valence-electron chi connectivity index (χ0n) is 8.66. The zero-order valence-corrected chi connectivity index (χ0v) is 8.66. The summed E-state index contributed by atoms with van der Waals surface area (Å²) in [5, 5.41) is 3.52. The van der Waals surface area contributed by atoms with E-state index in [1.54, 1.807) is 11.1 Å². The third-order valence-electron chi connectivity index (χ3n) is 4.06. The first-order valence-corrected chi connectivity index (χ1v) is 5.67. The topological polar surface area (TPSA) is 12.0 Å². The van der Waals surface area contributed by atoms with E-state index in [2.05, 4.69) is 36.5 Å². The molecule has 0 saturated carbocycles. The van der Waals surface area contributed by atoms with Crippen molar-refractivity contribution in [1.82, 2.24) is 5.32 Å². The monoisotopic (exact) mass is 187 g/mol. The summed E-state index contributed by atoms with van der Waals surface area (Å²) < 4.78 is 0. The van der Waals surface area contributed by atoms with Crippen LogP contribution >= 0.6 is 0 Å². The fourth-order valence-electron chi connectivity index (χ4n) is 3.29. The van der Waals surface area contributed by atoms with Crippen LogP contribution < -0.4 is 5.32 Å². The van der Waals surface area contributed by atoms with E-state index in [1.807, 2.05) is 0 Å². The molecule has 2 aliphatic rings. The van der Waals surface area contributed by atoms with Gasteiger partial charge in [-0.25, -0.2) is 0 Å². The van der Waals surface area contributed by atoms with Crippen molar-refractivity contribution in [3.63, 3.8) is 0 Å². The summed E-state index contributed by atoms with van der Waals surface area (Å²) in [4.78, 5) is 0. The van der Waals surface area contributed by atoms with Crippen LogP contribution in [0, 0.1) is 5.92 Å². The Kier molecular flexibility index (Phi) is 1.88. The van der Waals surface area contributed by atoms with Gasteiger partial charge in [-0.2, -0.15) is 0 Å². The smallest absolute Gasteiger partial charge is 0.000890 e. The highest BCUT2D eigenvalue weighted by atomic mass is 14.9. The molecule has 1 aromatic rings. The fraction of sp³-hybridized carbons (Fsp3) is 0.538. The lowest BCUT2D eigenvalue weighted by Gasteiger charge is -2.29. The Morgan fingerprint density at radius 3 is 2.86 bits per heavy atom. The van der Waals surface area contributed by atoms with Gasteiger partial charge < -0.3 is 5.32 Å². The molecular formula is C13H17N. The Balaban J connectivity index is 2.06. The lowest BCUT2D eigenvalue weighted by atomic mass is 9.83. The molecule has 0 aromatic heterocycles. The number of fused-ring (bicyclic) bond motifs is 3. The van der Waals surface area contributed by atoms with Gasteiger partial charge in [0.1, 0.15) is 0 Å². The van der Waals surface area contributed by atoms with E-state index >= 15 is 0 Å². The Hall–Kier alpha value is -0.820. The van der Waals surface area contributed by atoms with Crippen molar-refractivity contribution in [1.29, 1.82) is 0 Å². The van der Waals surface area contributed by atoms with Crippen LogP contribution in [-0.4, -0.2) is 13.1 Å². The van der Waals surface area contributed by atoms with Crippen LogP contribution in [0.5, 0.6) is 0 Å². The molecule has 1 N–H and O–H groups in total. The van der Waals surface area contributed by atoms with Crippen LogP contribution in [0.2, 0.25) is 0 Å². The molecule has 14 heavy (non-hydrogen) atoms. The minimum absolute atomic E-state index is 0.754. The lowest BCUT2D eigenvalue weighted by Crippen LogP contribution is -2.34. The molecule has 3 rings (SSSR count). The van der Waals surface area contributed by atoms with Gasteiger partial charge in [0.2, 0.25) is 0 Å². The second kappa shape index (κ2) is 3.09. The number of rotatable bonds is 0. The van der Waals surface area contributed by atoms with Crippen LogP contribution in [0.15, 0.2) is 24.3 Å². The fourth-order valence-corrected chi connectivity index (χ4v) is 3.29. The zero-order chi connectivity index (χ0) is 9.54. The molecule has 1 saturated heterocycles. The summed E-state index contributed by atoms with van der Waals surface area (Å²) in [5.41, 5.74) is 3.23. The lowest BCUT2D eigenvalue weighted by molar-refractivity contribution is 0.317. The third kappa shape index (κ3) is 1.05. The average Bonchev–Trinajstić information content (AvgIpc) is 2.55. The summed E-state index contributed by atoms with van der Waals surface area (Å²) in [7, 11) is 0. The maximum atomic E-state index is 3.52. The molecule has 0 bridgehead atoms. The summed E-state index contributed by atoms with van der Waals surface area (Å²) >= 11 is 0. The number of piperidine rings is 1. The van der Waals surface area contributed by atoms with Crippen molar-refractivity contribution in [2.24, 2.45) is 5.92 Å². The summed E-state index contributed by atoms with van der Waals surface area (Å²) in [6, 6.07) is 9.02. The van der Waals surface area contributed by atoms with Crippen molar-refractivity contribution in [2.75, 3.05) is 13.1 Å². The highest BCUT2D eigenvalue weighted by molar-refractivity contribution is 5.40. The maximum absolute atomic E-state index is 3.52. The van der Waals surface area contributed by atoms with E-state index in [0.717, 1.165) is 17.8 Å². The molecule has 0 amide bonds. The molecular weight excluding hydrogens is 170 g/mol. The molecule has 1 nitrogen and oxygen atoms in total. The number of hydrogen-bond donors (Lipinski definition) is 1. The van der Waals surface area contributed by atoms with Gasteiger partial charge in [-0.05, 0) is 48.4 Å². The van der Waals surface area contributed by atoms with E-state index < -0.39 is 0 Å². The van der Waals surface area contributed by atoms with Gasteiger partial charge in [0, 0.05) is 0 Å². The van der Waals surface area contributed by atoms with Crippen LogP contribution in [0.1, 0.15) is 36.3 Å². The minimum Gasteiger partial charge on any atom is -0.316 e. The standard InChI is InChI=1S/C13H17N/c1-9-10-4-2-3-5-11(10)12-6-7-14-8-13(9)12/h2-5,9,12-14H,6-8H2,1H3. The number of benzene rings is 1. The van der Waals surface area contributed by atoms with Crippen molar-refractivity contribution >= 4 is 0 Å². The van der Waals surface area contributed by atoms with Gasteiger partial charge in [-0.3, -0.25) is 0 Å². The maximum Gasteiger partial charge on any atom is -0.000890 e. The van der Waals surface area contributed by atoms with Crippen LogP contribution in [0.4, 0.5) is 0 Å². The van der Waals surface area contributed by atoms with Gasteiger partial charge in [-0.15, -0.1) is 0 Å². The number of hydrogen-bond acceptors (Lipinski definition) is 1. The van der Waals surface area contributed by atoms with Gasteiger partial charge in [0.25, 0.3) is 0 Å². The van der Waals surface area contributed by atoms with Crippen LogP contribution in [0.3, 0.4) is 0 Å². The minimum atomic E-state index is 0.754. The van der Waals surface area contributed by atoms with Crippen molar-refractivity contribution in [3.05, 3.63) is 35.4 Å². The molecule has 1 fully saturated rings. The molecule has 0 radical (unpaired) electrons. The van der Waals surface area contributed by atoms with Gasteiger partial charge in [-0.1, -0.05) is 31.2 Å². The Morgan fingerprint density at radius 2 is 2.00 bits per heavy atom. The Morgan fingerprint density at radius 1 is 1.21 bits per heavy atom. The molecule has 1 aliphatic heterocycles. The molecule has 3 unspecified atom stereocenters. The Bertz CT molecular complexity index is 345. The Labute approximate surface area is 85.5 Å². The predicted octanol–water partition coefficient (Wildman–Crippen LogP) is 2.50. The molecule has 1 heteroatoms. The van der Waals surface area contributed by atoms with Crippen molar-refractivity contribution in [3.8, 4) is 0 Å². The average molecular weight is 187 g/mol. The second-order valence-electron chi connectivity index (χ2n) is 4.68. The van der Waals surface area contributed by atoms with E-state index in [9.17, 15) is 0 Å². The van der Waals surface area contributed by atoms with Crippen molar-refractivity contribution in [2.45, 2.75) is 25.2 Å². The molecule has 74 valence electrons. The first-order chi connectivity index (χ1) is 6.88. The first kappa shape index (κ1) is 8.49. The molecule has 3 atom stereocenters.